The first-order valence-corrected chi connectivity index (χ1v) is 9.11. The lowest BCUT2D eigenvalue weighted by Gasteiger charge is -2.22. The molecule has 0 saturated heterocycles. The molecule has 4 aromatic rings. The van der Waals surface area contributed by atoms with Crippen LogP contribution in [0.2, 0.25) is 0 Å². The average molecular weight is 387 g/mol. The van der Waals surface area contributed by atoms with Crippen LogP contribution in [0.15, 0.2) is 84.9 Å². The van der Waals surface area contributed by atoms with Crippen LogP contribution in [0.4, 0.5) is 8.78 Å². The van der Waals surface area contributed by atoms with Crippen molar-refractivity contribution >= 4 is 22.6 Å². The van der Waals surface area contributed by atoms with E-state index in [1.54, 1.807) is 29.1 Å². The summed E-state index contributed by atoms with van der Waals surface area (Å²) in [6.45, 7) is 0. The Bertz CT molecular complexity index is 1150. The van der Waals surface area contributed by atoms with E-state index >= 15 is 0 Å². The van der Waals surface area contributed by atoms with E-state index < -0.39 is 0 Å². The van der Waals surface area contributed by atoms with Gasteiger partial charge in [0.1, 0.15) is 40.2 Å². The van der Waals surface area contributed by atoms with Gasteiger partial charge in [-0.1, -0.05) is 12.1 Å². The number of halogens is 2. The van der Waals surface area contributed by atoms with Crippen molar-refractivity contribution < 1.29 is 13.5 Å². The maximum Gasteiger partial charge on any atom is 0.133 e. The van der Waals surface area contributed by atoms with Crippen LogP contribution in [0.5, 0.6) is 0 Å². The molecule has 4 nitrogen and oxygen atoms in total. The van der Waals surface area contributed by atoms with E-state index in [0.717, 1.165) is 22.2 Å². The van der Waals surface area contributed by atoms with Crippen molar-refractivity contribution in [3.8, 4) is 0 Å². The van der Waals surface area contributed by atoms with Crippen LogP contribution in [0.1, 0.15) is 17.2 Å². The number of nitrogens with zero attached hydrogens (tertiary/aromatic N) is 3. The van der Waals surface area contributed by atoms with E-state index in [4.69, 9.17) is 4.74 Å². The fourth-order valence-electron chi connectivity index (χ4n) is 3.23. The predicted molar refractivity (Wildman–Crippen MR) is 106 cm³/mol. The molecule has 6 heteroatoms. The van der Waals surface area contributed by atoms with Crippen LogP contribution in [0.25, 0.3) is 22.6 Å². The molecule has 0 fully saturated rings. The standard InChI is InChI=1S/C23H15F2N3O/c24-17-9-5-15(6-10-17)22-13-19(28-26-20-3-1-2-4-21(20)27-28)14-23(29-22)16-7-11-18(25)12-8-16/h1-14,19H. The highest BCUT2D eigenvalue weighted by Crippen LogP contribution is 2.34. The Morgan fingerprint density at radius 1 is 0.655 bits per heavy atom. The minimum Gasteiger partial charge on any atom is -0.457 e. The first-order valence-electron chi connectivity index (χ1n) is 9.11. The molecule has 0 radical (unpaired) electrons. The number of hydrogen-bond donors (Lipinski definition) is 0. The average Bonchev–Trinajstić information content (AvgIpc) is 3.19. The van der Waals surface area contributed by atoms with Gasteiger partial charge in [0.05, 0.1) is 0 Å². The van der Waals surface area contributed by atoms with E-state index in [2.05, 4.69) is 10.2 Å². The number of ether oxygens (including phenoxy) is 1. The van der Waals surface area contributed by atoms with Gasteiger partial charge in [0.2, 0.25) is 0 Å². The highest BCUT2D eigenvalue weighted by molar-refractivity contribution is 5.75. The Balaban J connectivity index is 1.60. The summed E-state index contributed by atoms with van der Waals surface area (Å²) in [6, 6.07) is 19.4. The normalized spacial score (nSPS) is 14.4. The molecule has 0 aliphatic carbocycles. The number of benzene rings is 3. The zero-order valence-electron chi connectivity index (χ0n) is 15.2. The smallest absolute Gasteiger partial charge is 0.133 e. The number of aromatic nitrogens is 3. The zero-order chi connectivity index (χ0) is 19.8. The molecule has 0 saturated carbocycles. The summed E-state index contributed by atoms with van der Waals surface area (Å²) in [6.07, 6.45) is 3.75. The lowest BCUT2D eigenvalue weighted by atomic mass is 10.1. The molecule has 0 N–H and O–H groups in total. The first-order chi connectivity index (χ1) is 14.2. The Morgan fingerprint density at radius 3 is 1.55 bits per heavy atom. The van der Waals surface area contributed by atoms with Gasteiger partial charge in [-0.25, -0.2) is 8.78 Å². The number of rotatable bonds is 3. The quantitative estimate of drug-likeness (QED) is 0.475. The molecule has 0 atom stereocenters. The van der Waals surface area contributed by atoms with Crippen LogP contribution < -0.4 is 0 Å². The van der Waals surface area contributed by atoms with Gasteiger partial charge in [0.25, 0.3) is 0 Å². The maximum atomic E-state index is 13.4. The van der Waals surface area contributed by atoms with Gasteiger partial charge in [-0.05, 0) is 72.8 Å². The number of allylic oxidation sites excluding steroid dienone is 2. The summed E-state index contributed by atoms with van der Waals surface area (Å²) in [4.78, 5) is 1.61. The van der Waals surface area contributed by atoms with E-state index in [0.29, 0.717) is 11.5 Å². The van der Waals surface area contributed by atoms with Gasteiger partial charge in [0.15, 0.2) is 0 Å². The fraction of sp³-hybridized carbons (Fsp3) is 0.0435. The van der Waals surface area contributed by atoms with Gasteiger partial charge >= 0.3 is 0 Å². The van der Waals surface area contributed by atoms with Crippen molar-refractivity contribution in [1.82, 2.24) is 15.0 Å². The largest absolute Gasteiger partial charge is 0.457 e. The number of fused-ring (bicyclic) bond motifs is 1. The van der Waals surface area contributed by atoms with Crippen LogP contribution in [-0.2, 0) is 4.74 Å². The van der Waals surface area contributed by atoms with Crippen molar-refractivity contribution in [2.45, 2.75) is 6.04 Å². The first kappa shape index (κ1) is 17.3. The molecule has 0 unspecified atom stereocenters. The molecule has 1 aliphatic heterocycles. The minimum absolute atomic E-state index is 0.323. The lowest BCUT2D eigenvalue weighted by Crippen LogP contribution is -2.13. The Hall–Kier alpha value is -3.80. The van der Waals surface area contributed by atoms with Gasteiger partial charge in [0, 0.05) is 11.1 Å². The SMILES string of the molecule is Fc1ccc(C2=CC(n3nc4ccccc4n3)C=C(c3ccc(F)cc3)O2)cc1. The maximum absolute atomic E-state index is 13.4. The van der Waals surface area contributed by atoms with Gasteiger partial charge < -0.3 is 4.74 Å². The van der Waals surface area contributed by atoms with E-state index in [1.807, 2.05) is 36.4 Å². The lowest BCUT2D eigenvalue weighted by molar-refractivity contribution is 0.435. The third-order valence-corrected chi connectivity index (χ3v) is 4.69. The van der Waals surface area contributed by atoms with Gasteiger partial charge in [-0.15, -0.1) is 0 Å². The van der Waals surface area contributed by atoms with Crippen LogP contribution in [-0.4, -0.2) is 15.0 Å². The second-order valence-corrected chi connectivity index (χ2v) is 6.68. The van der Waals surface area contributed by atoms with Crippen LogP contribution >= 0.6 is 0 Å². The zero-order valence-corrected chi connectivity index (χ0v) is 15.2. The van der Waals surface area contributed by atoms with E-state index in [-0.39, 0.29) is 17.7 Å². The third-order valence-electron chi connectivity index (χ3n) is 4.69. The summed E-state index contributed by atoms with van der Waals surface area (Å²) in [5.41, 5.74) is 3.02. The Labute approximate surface area is 165 Å². The van der Waals surface area contributed by atoms with Crippen molar-refractivity contribution in [2.75, 3.05) is 0 Å². The highest BCUT2D eigenvalue weighted by Gasteiger charge is 2.21. The van der Waals surface area contributed by atoms with Crippen molar-refractivity contribution in [3.05, 3.63) is 108 Å². The van der Waals surface area contributed by atoms with E-state index in [9.17, 15) is 8.78 Å². The fourth-order valence-corrected chi connectivity index (χ4v) is 3.23. The molecule has 0 bridgehead atoms. The summed E-state index contributed by atoms with van der Waals surface area (Å²) < 4.78 is 32.8. The molecule has 1 aliphatic rings. The monoisotopic (exact) mass is 387 g/mol. The molecular weight excluding hydrogens is 372 g/mol. The van der Waals surface area contributed by atoms with Crippen LogP contribution in [0, 0.1) is 11.6 Å². The second-order valence-electron chi connectivity index (χ2n) is 6.68. The van der Waals surface area contributed by atoms with E-state index in [1.165, 1.54) is 24.3 Å². The van der Waals surface area contributed by atoms with Gasteiger partial charge in [-0.2, -0.15) is 15.0 Å². The Morgan fingerprint density at radius 2 is 1.10 bits per heavy atom. The summed E-state index contributed by atoms with van der Waals surface area (Å²) in [7, 11) is 0. The molecule has 3 aromatic carbocycles. The summed E-state index contributed by atoms with van der Waals surface area (Å²) >= 11 is 0. The Kier molecular flexibility index (Phi) is 4.17. The van der Waals surface area contributed by atoms with Crippen LogP contribution in [0.3, 0.4) is 0 Å². The third kappa shape index (κ3) is 3.40. The van der Waals surface area contributed by atoms with Crippen molar-refractivity contribution in [3.63, 3.8) is 0 Å². The highest BCUT2D eigenvalue weighted by atomic mass is 19.1. The summed E-state index contributed by atoms with van der Waals surface area (Å²) in [5, 5.41) is 9.12. The molecule has 142 valence electrons. The van der Waals surface area contributed by atoms with Crippen molar-refractivity contribution in [1.29, 1.82) is 0 Å². The molecular formula is C23H15F2N3O. The summed E-state index contributed by atoms with van der Waals surface area (Å²) in [5.74, 6) is 0.461. The number of hydrogen-bond acceptors (Lipinski definition) is 3. The van der Waals surface area contributed by atoms with Gasteiger partial charge in [-0.3, -0.25) is 0 Å². The topological polar surface area (TPSA) is 39.9 Å². The molecule has 29 heavy (non-hydrogen) atoms. The predicted octanol–water partition coefficient (Wildman–Crippen LogP) is 5.36. The molecule has 2 heterocycles. The molecule has 0 amide bonds. The second kappa shape index (κ2) is 6.98. The minimum atomic E-state index is -0.323. The van der Waals surface area contributed by atoms with Crippen molar-refractivity contribution in [2.24, 2.45) is 0 Å². The molecule has 5 rings (SSSR count). The molecule has 1 aromatic heterocycles. The molecule has 0 spiro atoms.